The maximum atomic E-state index is 4.73. The van der Waals surface area contributed by atoms with Gasteiger partial charge in [0.2, 0.25) is 0 Å². The summed E-state index contributed by atoms with van der Waals surface area (Å²) in [5.41, 5.74) is 0.852. The van der Waals surface area contributed by atoms with Gasteiger partial charge in [0.05, 0.1) is 0 Å². The van der Waals surface area contributed by atoms with E-state index in [1.54, 1.807) is 0 Å². The first kappa shape index (κ1) is 16.8. The fourth-order valence-electron chi connectivity index (χ4n) is 4.40. The molecule has 4 rings (SSSR count). The minimum absolute atomic E-state index is 0.475. The minimum atomic E-state index is 0.475. The molecule has 2 aliphatic rings. The topological polar surface area (TPSA) is 49.6 Å². The first-order valence-corrected chi connectivity index (χ1v) is 9.83. The monoisotopic (exact) mass is 342 g/mol. The molecule has 0 N–H and O–H groups in total. The van der Waals surface area contributed by atoms with E-state index in [9.17, 15) is 0 Å². The minimum Gasteiger partial charge on any atom is -0.361 e. The number of fused-ring (bicyclic) bond motifs is 1. The van der Waals surface area contributed by atoms with Crippen molar-refractivity contribution in [1.29, 1.82) is 0 Å². The summed E-state index contributed by atoms with van der Waals surface area (Å²) in [4.78, 5) is 4.70. The van der Waals surface area contributed by atoms with Gasteiger partial charge in [-0.25, -0.2) is 0 Å². The summed E-state index contributed by atoms with van der Waals surface area (Å²) in [5, 5.41) is 13.5. The molecule has 1 saturated heterocycles. The molecule has 0 atom stereocenters. The van der Waals surface area contributed by atoms with Gasteiger partial charge in [0.1, 0.15) is 5.82 Å². The number of likely N-dealkylation sites (tertiary alicyclic amines) is 1. The summed E-state index contributed by atoms with van der Waals surface area (Å²) in [6.07, 6.45) is 9.53. The van der Waals surface area contributed by atoms with Crippen LogP contribution in [0.4, 0.5) is 5.82 Å². The van der Waals surface area contributed by atoms with E-state index in [-0.39, 0.29) is 0 Å². The van der Waals surface area contributed by atoms with E-state index in [2.05, 4.69) is 15.1 Å². The van der Waals surface area contributed by atoms with E-state index >= 15 is 0 Å². The molecule has 0 bridgehead atoms. The van der Waals surface area contributed by atoms with Crippen LogP contribution in [0.3, 0.4) is 0 Å². The Morgan fingerprint density at radius 2 is 1.76 bits per heavy atom. The SMILES string of the molecule is CN(C)c1ccc2nnc(C3CCN(CC4CCCCC4)CC3)n2n1. The average molecular weight is 342 g/mol. The zero-order valence-electron chi connectivity index (χ0n) is 15.6. The van der Waals surface area contributed by atoms with E-state index in [4.69, 9.17) is 5.10 Å². The predicted molar refractivity (Wildman–Crippen MR) is 100 cm³/mol. The third-order valence-electron chi connectivity index (χ3n) is 5.92. The van der Waals surface area contributed by atoms with Crippen molar-refractivity contribution < 1.29 is 0 Å². The Balaban J connectivity index is 1.42. The molecule has 3 heterocycles. The van der Waals surface area contributed by atoms with Gasteiger partial charge in [-0.05, 0) is 56.8 Å². The molecule has 2 fully saturated rings. The van der Waals surface area contributed by atoms with E-state index in [0.717, 1.165) is 23.2 Å². The molecule has 6 nitrogen and oxygen atoms in total. The van der Waals surface area contributed by atoms with Gasteiger partial charge in [0, 0.05) is 26.6 Å². The second kappa shape index (κ2) is 7.28. The largest absolute Gasteiger partial charge is 0.361 e. The van der Waals surface area contributed by atoms with Crippen LogP contribution in [0.15, 0.2) is 12.1 Å². The van der Waals surface area contributed by atoms with Gasteiger partial charge < -0.3 is 9.80 Å². The average Bonchev–Trinajstić information content (AvgIpc) is 3.06. The van der Waals surface area contributed by atoms with Crippen molar-refractivity contribution in [3.8, 4) is 0 Å². The Morgan fingerprint density at radius 3 is 2.48 bits per heavy atom. The highest BCUT2D eigenvalue weighted by Gasteiger charge is 2.27. The first-order valence-electron chi connectivity index (χ1n) is 9.83. The smallest absolute Gasteiger partial charge is 0.178 e. The number of anilines is 1. The molecule has 136 valence electrons. The van der Waals surface area contributed by atoms with Crippen LogP contribution < -0.4 is 4.90 Å². The summed E-state index contributed by atoms with van der Waals surface area (Å²) >= 11 is 0. The van der Waals surface area contributed by atoms with Gasteiger partial charge in [-0.3, -0.25) is 0 Å². The predicted octanol–water partition coefficient (Wildman–Crippen LogP) is 2.95. The summed E-state index contributed by atoms with van der Waals surface area (Å²) < 4.78 is 1.96. The number of aromatic nitrogens is 4. The fraction of sp³-hybridized carbons (Fsp3) is 0.737. The van der Waals surface area contributed by atoms with E-state index in [0.29, 0.717) is 5.92 Å². The molecular weight excluding hydrogens is 312 g/mol. The summed E-state index contributed by atoms with van der Waals surface area (Å²) in [7, 11) is 4.03. The molecular formula is C19H30N6. The molecule has 0 spiro atoms. The Kier molecular flexibility index (Phi) is 4.88. The molecule has 25 heavy (non-hydrogen) atoms. The van der Waals surface area contributed by atoms with Crippen molar-refractivity contribution in [2.75, 3.05) is 38.6 Å². The Bertz CT molecular complexity index is 695. The molecule has 0 unspecified atom stereocenters. The van der Waals surface area contributed by atoms with Gasteiger partial charge in [-0.1, -0.05) is 19.3 Å². The van der Waals surface area contributed by atoms with Crippen molar-refractivity contribution in [3.63, 3.8) is 0 Å². The number of rotatable bonds is 4. The van der Waals surface area contributed by atoms with Gasteiger partial charge in [0.15, 0.2) is 11.5 Å². The van der Waals surface area contributed by atoms with Crippen LogP contribution in [0.25, 0.3) is 5.65 Å². The van der Waals surface area contributed by atoms with E-state index in [1.165, 1.54) is 64.6 Å². The lowest BCUT2D eigenvalue weighted by molar-refractivity contribution is 0.161. The second-order valence-electron chi connectivity index (χ2n) is 7.99. The highest BCUT2D eigenvalue weighted by molar-refractivity contribution is 5.45. The third kappa shape index (κ3) is 3.64. The van der Waals surface area contributed by atoms with Crippen LogP contribution in [-0.2, 0) is 0 Å². The zero-order valence-corrected chi connectivity index (χ0v) is 15.6. The highest BCUT2D eigenvalue weighted by atomic mass is 15.4. The molecule has 2 aromatic heterocycles. The zero-order chi connectivity index (χ0) is 17.2. The van der Waals surface area contributed by atoms with Crippen molar-refractivity contribution in [2.45, 2.75) is 50.9 Å². The lowest BCUT2D eigenvalue weighted by Gasteiger charge is -2.34. The van der Waals surface area contributed by atoms with Crippen molar-refractivity contribution in [1.82, 2.24) is 24.7 Å². The molecule has 2 aromatic rings. The number of nitrogens with zero attached hydrogens (tertiary/aromatic N) is 6. The third-order valence-corrected chi connectivity index (χ3v) is 5.92. The Morgan fingerprint density at radius 1 is 1.00 bits per heavy atom. The molecule has 0 radical (unpaired) electrons. The standard InChI is InChI=1S/C19H30N6/c1-23(2)18-9-8-17-20-21-19(25(17)22-18)16-10-12-24(13-11-16)14-15-6-4-3-5-7-15/h8-9,15-16H,3-7,10-14H2,1-2H3. The van der Waals surface area contributed by atoms with Crippen molar-refractivity contribution >= 4 is 11.5 Å². The van der Waals surface area contributed by atoms with E-state index < -0.39 is 0 Å². The fourth-order valence-corrected chi connectivity index (χ4v) is 4.40. The Labute approximate surface area is 150 Å². The molecule has 0 aromatic carbocycles. The summed E-state index contributed by atoms with van der Waals surface area (Å²) in [6.45, 7) is 3.67. The summed E-state index contributed by atoms with van der Waals surface area (Å²) in [6, 6.07) is 4.01. The number of hydrogen-bond acceptors (Lipinski definition) is 5. The molecule has 6 heteroatoms. The highest BCUT2D eigenvalue weighted by Crippen LogP contribution is 2.30. The van der Waals surface area contributed by atoms with Gasteiger partial charge in [-0.2, -0.15) is 4.52 Å². The Hall–Kier alpha value is -1.69. The van der Waals surface area contributed by atoms with Crippen LogP contribution in [-0.4, -0.2) is 58.4 Å². The maximum absolute atomic E-state index is 4.73. The van der Waals surface area contributed by atoms with Crippen LogP contribution in [0, 0.1) is 5.92 Å². The van der Waals surface area contributed by atoms with Crippen LogP contribution >= 0.6 is 0 Å². The summed E-state index contributed by atoms with van der Waals surface area (Å²) in [5.74, 6) is 3.39. The quantitative estimate of drug-likeness (QED) is 0.855. The lowest BCUT2D eigenvalue weighted by Crippen LogP contribution is -2.37. The van der Waals surface area contributed by atoms with Crippen molar-refractivity contribution in [2.24, 2.45) is 5.92 Å². The lowest BCUT2D eigenvalue weighted by atomic mass is 9.88. The normalized spacial score (nSPS) is 21.0. The van der Waals surface area contributed by atoms with Gasteiger partial charge in [-0.15, -0.1) is 15.3 Å². The van der Waals surface area contributed by atoms with Crippen LogP contribution in [0.2, 0.25) is 0 Å². The van der Waals surface area contributed by atoms with Gasteiger partial charge in [0.25, 0.3) is 0 Å². The van der Waals surface area contributed by atoms with Gasteiger partial charge >= 0.3 is 0 Å². The second-order valence-corrected chi connectivity index (χ2v) is 7.99. The number of piperidine rings is 1. The number of hydrogen-bond donors (Lipinski definition) is 0. The first-order chi connectivity index (χ1) is 12.2. The molecule has 1 aliphatic carbocycles. The maximum Gasteiger partial charge on any atom is 0.178 e. The molecule has 0 amide bonds. The van der Waals surface area contributed by atoms with Crippen molar-refractivity contribution in [3.05, 3.63) is 18.0 Å². The molecule has 1 saturated carbocycles. The van der Waals surface area contributed by atoms with Crippen LogP contribution in [0.5, 0.6) is 0 Å². The molecule has 1 aliphatic heterocycles. The van der Waals surface area contributed by atoms with E-state index in [1.807, 2.05) is 35.6 Å². The van der Waals surface area contributed by atoms with Crippen LogP contribution in [0.1, 0.15) is 56.7 Å².